The lowest BCUT2D eigenvalue weighted by Gasteiger charge is -2.38. The molecule has 28 heavy (non-hydrogen) atoms. The third kappa shape index (κ3) is 4.52. The quantitative estimate of drug-likeness (QED) is 0.713. The van der Waals surface area contributed by atoms with Crippen molar-refractivity contribution in [3.8, 4) is 16.9 Å². The third-order valence-electron chi connectivity index (χ3n) is 4.92. The van der Waals surface area contributed by atoms with Crippen LogP contribution in [-0.4, -0.2) is 46.2 Å². The highest BCUT2D eigenvalue weighted by Crippen LogP contribution is 2.30. The minimum atomic E-state index is -2.72. The Balaban J connectivity index is 1.88. The van der Waals surface area contributed by atoms with Crippen LogP contribution in [0.4, 0.5) is 5.69 Å². The normalized spacial score (nSPS) is 16.9. The monoisotopic (exact) mass is 404 g/mol. The van der Waals surface area contributed by atoms with E-state index in [0.29, 0.717) is 31.7 Å². The van der Waals surface area contributed by atoms with Crippen molar-refractivity contribution >= 4 is 22.9 Å². The molecular weight excluding hydrogens is 382 g/mol. The van der Waals surface area contributed by atoms with Crippen LogP contribution in [0, 0.1) is 5.92 Å². The molecule has 1 N–H and O–H groups in total. The molecule has 1 heterocycles. The van der Waals surface area contributed by atoms with Crippen LogP contribution in [0.15, 0.2) is 48.5 Å². The number of nitrogens with zero attached hydrogens (tertiary/aromatic N) is 1. The molecule has 0 bridgehead atoms. The summed E-state index contributed by atoms with van der Waals surface area (Å²) >= 11 is -2.72. The minimum absolute atomic E-state index is 0.301. The Labute approximate surface area is 166 Å². The van der Waals surface area contributed by atoms with Crippen molar-refractivity contribution in [1.82, 2.24) is 0 Å². The molecule has 0 amide bonds. The summed E-state index contributed by atoms with van der Waals surface area (Å²) in [6.07, 6.45) is 1.02. The SMILES string of the molecule is COc1ccc(-c2ccc(N(C(C(=O)O)C3CCOCC3)S(=O)[O-])cc2)cc1. The molecular formula is C20H22NO6S-. The summed E-state index contributed by atoms with van der Waals surface area (Å²) in [5.74, 6) is -0.713. The van der Waals surface area contributed by atoms with Gasteiger partial charge in [0.05, 0.1) is 7.11 Å². The highest BCUT2D eigenvalue weighted by atomic mass is 32.2. The van der Waals surface area contributed by atoms with Crippen LogP contribution in [0.25, 0.3) is 11.1 Å². The Morgan fingerprint density at radius 1 is 1.14 bits per heavy atom. The zero-order valence-electron chi connectivity index (χ0n) is 15.4. The molecule has 150 valence electrons. The lowest BCUT2D eigenvalue weighted by molar-refractivity contribution is -0.140. The summed E-state index contributed by atoms with van der Waals surface area (Å²) in [7, 11) is 1.60. The predicted octanol–water partition coefficient (Wildman–Crippen LogP) is 2.84. The second-order valence-electron chi connectivity index (χ2n) is 6.55. The average molecular weight is 404 g/mol. The lowest BCUT2D eigenvalue weighted by atomic mass is 9.91. The molecule has 1 saturated heterocycles. The highest BCUT2D eigenvalue weighted by Gasteiger charge is 2.36. The number of ether oxygens (including phenoxy) is 2. The summed E-state index contributed by atoms with van der Waals surface area (Å²) in [5.41, 5.74) is 2.16. The number of carbonyl (C=O) groups is 1. The molecule has 0 radical (unpaired) electrons. The van der Waals surface area contributed by atoms with Crippen molar-refractivity contribution < 1.29 is 28.1 Å². The first-order valence-corrected chi connectivity index (χ1v) is 9.98. The number of carboxylic acids is 1. The predicted molar refractivity (Wildman–Crippen MR) is 105 cm³/mol. The maximum atomic E-state index is 11.9. The van der Waals surface area contributed by atoms with E-state index in [1.165, 1.54) is 0 Å². The van der Waals surface area contributed by atoms with Crippen LogP contribution in [0.5, 0.6) is 5.75 Å². The highest BCUT2D eigenvalue weighted by molar-refractivity contribution is 7.80. The van der Waals surface area contributed by atoms with Gasteiger partial charge in [0.15, 0.2) is 0 Å². The number of hydrogen-bond donors (Lipinski definition) is 1. The van der Waals surface area contributed by atoms with Gasteiger partial charge in [-0.05, 0) is 54.2 Å². The van der Waals surface area contributed by atoms with E-state index < -0.39 is 23.3 Å². The fraction of sp³-hybridized carbons (Fsp3) is 0.350. The van der Waals surface area contributed by atoms with Crippen molar-refractivity contribution in [3.63, 3.8) is 0 Å². The number of aliphatic carboxylic acids is 1. The fourth-order valence-corrected chi connectivity index (χ4v) is 4.19. The first-order valence-electron chi connectivity index (χ1n) is 8.95. The number of hydrogen-bond acceptors (Lipinski definition) is 5. The molecule has 7 nitrogen and oxygen atoms in total. The standard InChI is InChI=1S/C20H23NO6S/c1-26-18-8-4-15(5-9-18)14-2-6-17(7-3-14)21(28(24)25)19(20(22)23)16-10-12-27-13-11-16/h2-9,16,19H,10-13H2,1H3,(H,22,23)(H,24,25)/p-1. The minimum Gasteiger partial charge on any atom is -0.755 e. The van der Waals surface area contributed by atoms with E-state index in [2.05, 4.69) is 0 Å². The van der Waals surface area contributed by atoms with E-state index in [9.17, 15) is 18.7 Å². The topological polar surface area (TPSA) is 99.1 Å². The van der Waals surface area contributed by atoms with Gasteiger partial charge in [-0.2, -0.15) is 0 Å². The van der Waals surface area contributed by atoms with Crippen molar-refractivity contribution in [2.24, 2.45) is 5.92 Å². The second kappa shape index (κ2) is 9.18. The smallest absolute Gasteiger partial charge is 0.327 e. The number of anilines is 1. The molecule has 0 aliphatic carbocycles. The molecule has 2 atom stereocenters. The van der Waals surface area contributed by atoms with Crippen LogP contribution >= 0.6 is 0 Å². The summed E-state index contributed by atoms with van der Waals surface area (Å²) in [4.78, 5) is 11.9. The zero-order valence-corrected chi connectivity index (χ0v) is 16.3. The Bertz CT molecular complexity index is 818. The first kappa shape index (κ1) is 20.3. The maximum Gasteiger partial charge on any atom is 0.327 e. The molecule has 1 aliphatic heterocycles. The fourth-order valence-electron chi connectivity index (χ4n) is 3.45. The number of carboxylic acid groups (broad SMARTS) is 1. The van der Waals surface area contributed by atoms with Gasteiger partial charge in [0.25, 0.3) is 0 Å². The zero-order chi connectivity index (χ0) is 20.1. The summed E-state index contributed by atoms with van der Waals surface area (Å²) in [5, 5.41) is 9.72. The van der Waals surface area contributed by atoms with E-state index in [1.54, 1.807) is 31.4 Å². The van der Waals surface area contributed by atoms with Crippen molar-refractivity contribution in [3.05, 3.63) is 48.5 Å². The van der Waals surface area contributed by atoms with Crippen molar-refractivity contribution in [2.75, 3.05) is 24.6 Å². The maximum absolute atomic E-state index is 11.9. The Morgan fingerprint density at radius 2 is 1.68 bits per heavy atom. The van der Waals surface area contributed by atoms with Crippen LogP contribution in [0.3, 0.4) is 0 Å². The summed E-state index contributed by atoms with van der Waals surface area (Å²) in [6.45, 7) is 0.869. The van der Waals surface area contributed by atoms with Gasteiger partial charge in [0.1, 0.15) is 11.8 Å². The summed E-state index contributed by atoms with van der Waals surface area (Å²) in [6, 6.07) is 13.1. The largest absolute Gasteiger partial charge is 0.755 e. The lowest BCUT2D eigenvalue weighted by Crippen LogP contribution is -2.48. The molecule has 0 aromatic heterocycles. The van der Waals surface area contributed by atoms with E-state index in [0.717, 1.165) is 21.2 Å². The van der Waals surface area contributed by atoms with E-state index in [1.807, 2.05) is 24.3 Å². The van der Waals surface area contributed by atoms with Crippen LogP contribution < -0.4 is 9.04 Å². The Kier molecular flexibility index (Phi) is 6.66. The van der Waals surface area contributed by atoms with Gasteiger partial charge in [-0.15, -0.1) is 0 Å². The molecule has 0 saturated carbocycles. The molecule has 0 spiro atoms. The number of benzene rings is 2. The van der Waals surface area contributed by atoms with Gasteiger partial charge in [0.2, 0.25) is 0 Å². The number of methoxy groups -OCH3 is 1. The van der Waals surface area contributed by atoms with Crippen molar-refractivity contribution in [1.29, 1.82) is 0 Å². The van der Waals surface area contributed by atoms with Crippen molar-refractivity contribution in [2.45, 2.75) is 18.9 Å². The number of rotatable bonds is 7. The van der Waals surface area contributed by atoms with Gasteiger partial charge in [-0.25, -0.2) is 4.79 Å². The first-order chi connectivity index (χ1) is 13.5. The average Bonchev–Trinajstić information content (AvgIpc) is 2.72. The van der Waals surface area contributed by atoms with Crippen LogP contribution in [0.2, 0.25) is 0 Å². The molecule has 2 aromatic rings. The third-order valence-corrected chi connectivity index (χ3v) is 5.68. The molecule has 1 fully saturated rings. The summed E-state index contributed by atoms with van der Waals surface area (Å²) < 4.78 is 35.2. The van der Waals surface area contributed by atoms with E-state index in [4.69, 9.17) is 9.47 Å². The van der Waals surface area contributed by atoms with Gasteiger partial charge in [-0.1, -0.05) is 24.3 Å². The van der Waals surface area contributed by atoms with Gasteiger partial charge >= 0.3 is 5.97 Å². The van der Waals surface area contributed by atoms with Crippen LogP contribution in [0.1, 0.15) is 12.8 Å². The molecule has 2 aromatic carbocycles. The second-order valence-corrected chi connectivity index (χ2v) is 7.38. The molecule has 1 aliphatic rings. The Morgan fingerprint density at radius 3 is 2.14 bits per heavy atom. The van der Waals surface area contributed by atoms with Gasteiger partial charge < -0.3 is 19.1 Å². The van der Waals surface area contributed by atoms with Gasteiger partial charge in [0, 0.05) is 30.2 Å². The molecule has 8 heteroatoms. The molecule has 2 unspecified atom stereocenters. The molecule has 3 rings (SSSR count). The van der Waals surface area contributed by atoms with E-state index in [-0.39, 0.29) is 5.92 Å². The van der Waals surface area contributed by atoms with Gasteiger partial charge in [-0.3, -0.25) is 8.51 Å². The Hall–Kier alpha value is -2.42. The van der Waals surface area contributed by atoms with Crippen LogP contribution in [-0.2, 0) is 20.8 Å². The van der Waals surface area contributed by atoms with E-state index >= 15 is 0 Å².